The van der Waals surface area contributed by atoms with Crippen LogP contribution < -0.4 is 4.90 Å². The van der Waals surface area contributed by atoms with Crippen LogP contribution in [0.2, 0.25) is 0 Å². The summed E-state index contributed by atoms with van der Waals surface area (Å²) in [7, 11) is 0. The summed E-state index contributed by atoms with van der Waals surface area (Å²) in [6.07, 6.45) is 5.08. The molecule has 136 valence electrons. The number of rotatable bonds is 3. The van der Waals surface area contributed by atoms with Crippen LogP contribution in [0.25, 0.3) is 0 Å². The Morgan fingerprint density at radius 3 is 2.48 bits per heavy atom. The lowest BCUT2D eigenvalue weighted by molar-refractivity contribution is -0.137. The summed E-state index contributed by atoms with van der Waals surface area (Å²) in [5.74, 6) is 4.51. The molecule has 3 atom stereocenters. The molecular formula is C20H30N4O. The zero-order valence-electron chi connectivity index (χ0n) is 15.7. The number of fused-ring (bicyclic) bond motifs is 2. The minimum atomic E-state index is 0.319. The molecule has 3 aliphatic rings. The van der Waals surface area contributed by atoms with Gasteiger partial charge < -0.3 is 9.80 Å². The number of nitrogens with zero attached hydrogens (tertiary/aromatic N) is 4. The van der Waals surface area contributed by atoms with E-state index < -0.39 is 0 Å². The Balaban J connectivity index is 1.39. The number of hydrogen-bond donors (Lipinski definition) is 0. The van der Waals surface area contributed by atoms with Crippen molar-refractivity contribution in [1.29, 1.82) is 0 Å². The maximum atomic E-state index is 12.9. The number of aromatic nitrogens is 2. The first-order valence-corrected chi connectivity index (χ1v) is 9.90. The van der Waals surface area contributed by atoms with E-state index in [0.29, 0.717) is 23.7 Å². The molecule has 1 aromatic rings. The number of hydrogen-bond acceptors (Lipinski definition) is 4. The van der Waals surface area contributed by atoms with Gasteiger partial charge in [-0.25, -0.2) is 9.97 Å². The lowest BCUT2D eigenvalue weighted by Crippen LogP contribution is -2.51. The molecule has 0 radical (unpaired) electrons. The number of amides is 1. The van der Waals surface area contributed by atoms with Gasteiger partial charge in [0, 0.05) is 49.8 Å². The fraction of sp³-hybridized carbons (Fsp3) is 0.750. The highest BCUT2D eigenvalue weighted by molar-refractivity contribution is 5.80. The molecule has 1 aromatic heterocycles. The normalized spacial score (nSPS) is 28.9. The van der Waals surface area contributed by atoms with E-state index in [1.54, 1.807) is 0 Å². The first-order chi connectivity index (χ1) is 12.0. The van der Waals surface area contributed by atoms with Crippen LogP contribution in [0.1, 0.15) is 57.0 Å². The van der Waals surface area contributed by atoms with Gasteiger partial charge in [-0.3, -0.25) is 4.79 Å². The first kappa shape index (κ1) is 16.8. The van der Waals surface area contributed by atoms with Crippen LogP contribution in [0.3, 0.4) is 0 Å². The topological polar surface area (TPSA) is 49.3 Å². The van der Waals surface area contributed by atoms with Crippen molar-refractivity contribution in [2.75, 3.05) is 31.1 Å². The molecule has 5 heteroatoms. The molecule has 0 N–H and O–H groups in total. The van der Waals surface area contributed by atoms with Crippen LogP contribution >= 0.6 is 0 Å². The summed E-state index contributed by atoms with van der Waals surface area (Å²) in [5.41, 5.74) is 1.02. The zero-order valence-corrected chi connectivity index (χ0v) is 15.7. The largest absolute Gasteiger partial charge is 0.353 e. The van der Waals surface area contributed by atoms with E-state index >= 15 is 0 Å². The van der Waals surface area contributed by atoms with Crippen LogP contribution in [0.5, 0.6) is 0 Å². The monoisotopic (exact) mass is 342 g/mol. The van der Waals surface area contributed by atoms with Crippen LogP contribution in [0.4, 0.5) is 5.82 Å². The maximum Gasteiger partial charge on any atom is 0.226 e. The number of piperazine rings is 1. The fourth-order valence-corrected chi connectivity index (χ4v) is 4.93. The quantitative estimate of drug-likeness (QED) is 0.847. The molecule has 5 nitrogen and oxygen atoms in total. The summed E-state index contributed by atoms with van der Waals surface area (Å²) in [5, 5.41) is 0. The third-order valence-corrected chi connectivity index (χ3v) is 6.35. The Hall–Kier alpha value is -1.65. The number of carbonyl (C=O) groups is 1. The van der Waals surface area contributed by atoms with Crippen LogP contribution in [0.15, 0.2) is 6.07 Å². The van der Waals surface area contributed by atoms with Gasteiger partial charge in [0.05, 0.1) is 0 Å². The molecule has 0 unspecified atom stereocenters. The van der Waals surface area contributed by atoms with Gasteiger partial charge in [0.15, 0.2) is 0 Å². The molecule has 0 aromatic carbocycles. The van der Waals surface area contributed by atoms with Crippen LogP contribution in [-0.2, 0) is 4.79 Å². The van der Waals surface area contributed by atoms with Gasteiger partial charge in [-0.05, 0) is 38.0 Å². The van der Waals surface area contributed by atoms with E-state index in [9.17, 15) is 4.79 Å². The van der Waals surface area contributed by atoms with Crippen molar-refractivity contribution < 1.29 is 4.79 Å². The van der Waals surface area contributed by atoms with Crippen molar-refractivity contribution in [3.63, 3.8) is 0 Å². The van der Waals surface area contributed by atoms with E-state index in [1.165, 1.54) is 19.3 Å². The van der Waals surface area contributed by atoms with Crippen molar-refractivity contribution in [3.8, 4) is 0 Å². The van der Waals surface area contributed by atoms with Crippen molar-refractivity contribution in [1.82, 2.24) is 14.9 Å². The predicted octanol–water partition coefficient (Wildman–Crippen LogP) is 2.99. The third-order valence-electron chi connectivity index (χ3n) is 6.35. The molecule has 0 spiro atoms. The molecule has 1 saturated heterocycles. The summed E-state index contributed by atoms with van der Waals surface area (Å²) in [6, 6.07) is 2.07. The van der Waals surface area contributed by atoms with Crippen LogP contribution in [-0.4, -0.2) is 47.0 Å². The van der Waals surface area contributed by atoms with Crippen molar-refractivity contribution in [2.24, 2.45) is 17.8 Å². The summed E-state index contributed by atoms with van der Waals surface area (Å²) >= 11 is 0. The van der Waals surface area contributed by atoms with Gasteiger partial charge in [-0.2, -0.15) is 0 Å². The SMILES string of the molecule is Cc1cc(N2CCN(C(=O)[C@@H]3C[C@H]4CC[C@H]3C4)CC2)nc(C(C)C)n1. The molecule has 2 bridgehead atoms. The highest BCUT2D eigenvalue weighted by Crippen LogP contribution is 2.48. The van der Waals surface area contributed by atoms with Gasteiger partial charge >= 0.3 is 0 Å². The number of aryl methyl sites for hydroxylation is 1. The second-order valence-electron chi connectivity index (χ2n) is 8.47. The van der Waals surface area contributed by atoms with Gasteiger partial charge in [0.1, 0.15) is 11.6 Å². The lowest BCUT2D eigenvalue weighted by Gasteiger charge is -2.38. The highest BCUT2D eigenvalue weighted by atomic mass is 16.2. The number of carbonyl (C=O) groups excluding carboxylic acids is 1. The average molecular weight is 342 g/mol. The molecular weight excluding hydrogens is 312 g/mol. The smallest absolute Gasteiger partial charge is 0.226 e. The van der Waals surface area contributed by atoms with Gasteiger partial charge in [-0.15, -0.1) is 0 Å². The fourth-order valence-electron chi connectivity index (χ4n) is 4.93. The standard InChI is InChI=1S/C20H30N4O/c1-13(2)19-21-14(3)10-18(22-19)23-6-8-24(9-7-23)20(25)17-12-15-4-5-16(17)11-15/h10,13,15-17H,4-9,11-12H2,1-3H3/t15-,16-,17+/m0/s1. The van der Waals surface area contributed by atoms with E-state index in [2.05, 4.69) is 34.7 Å². The number of anilines is 1. The van der Waals surface area contributed by atoms with E-state index in [-0.39, 0.29) is 0 Å². The molecule has 2 saturated carbocycles. The Kier molecular flexibility index (Phi) is 4.42. The molecule has 2 aliphatic carbocycles. The minimum Gasteiger partial charge on any atom is -0.353 e. The molecule has 3 fully saturated rings. The summed E-state index contributed by atoms with van der Waals surface area (Å²) in [4.78, 5) is 26.6. The Morgan fingerprint density at radius 2 is 1.88 bits per heavy atom. The van der Waals surface area contributed by atoms with E-state index in [1.807, 2.05) is 6.92 Å². The predicted molar refractivity (Wildman–Crippen MR) is 98.6 cm³/mol. The summed E-state index contributed by atoms with van der Waals surface area (Å²) in [6.45, 7) is 9.70. The molecule has 1 aliphatic heterocycles. The minimum absolute atomic E-state index is 0.319. The Morgan fingerprint density at radius 1 is 1.12 bits per heavy atom. The van der Waals surface area contributed by atoms with E-state index in [4.69, 9.17) is 4.98 Å². The molecule has 25 heavy (non-hydrogen) atoms. The second kappa shape index (κ2) is 6.58. The molecule has 4 rings (SSSR count). The Labute approximate surface area is 150 Å². The molecule has 1 amide bonds. The van der Waals surface area contributed by atoms with Crippen molar-refractivity contribution in [2.45, 2.75) is 52.4 Å². The first-order valence-electron chi connectivity index (χ1n) is 9.90. The van der Waals surface area contributed by atoms with Gasteiger partial charge in [0.2, 0.25) is 5.91 Å². The second-order valence-corrected chi connectivity index (χ2v) is 8.47. The maximum absolute atomic E-state index is 12.9. The van der Waals surface area contributed by atoms with E-state index in [0.717, 1.165) is 55.9 Å². The van der Waals surface area contributed by atoms with Crippen LogP contribution in [0, 0.1) is 24.7 Å². The third kappa shape index (κ3) is 3.25. The lowest BCUT2D eigenvalue weighted by atomic mass is 9.87. The Bertz CT molecular complexity index is 651. The average Bonchev–Trinajstić information content (AvgIpc) is 3.24. The van der Waals surface area contributed by atoms with Gasteiger partial charge in [-0.1, -0.05) is 20.3 Å². The molecule has 2 heterocycles. The highest BCUT2D eigenvalue weighted by Gasteiger charge is 2.44. The zero-order chi connectivity index (χ0) is 17.6. The summed E-state index contributed by atoms with van der Waals surface area (Å²) < 4.78 is 0. The van der Waals surface area contributed by atoms with Crippen molar-refractivity contribution >= 4 is 11.7 Å². The van der Waals surface area contributed by atoms with Gasteiger partial charge in [0.25, 0.3) is 0 Å². The van der Waals surface area contributed by atoms with Crippen molar-refractivity contribution in [3.05, 3.63) is 17.6 Å².